The fraction of sp³-hybridized carbons (Fsp3) is 0. The second-order valence-electron chi connectivity index (χ2n) is 1.68. The van der Waals surface area contributed by atoms with Gasteiger partial charge in [-0.2, -0.15) is 0 Å². The summed E-state index contributed by atoms with van der Waals surface area (Å²) in [6.07, 6.45) is 0. The van der Waals surface area contributed by atoms with E-state index in [0.29, 0.717) is 0 Å². The molecule has 2 N–H and O–H groups in total. The Balaban J connectivity index is 0.000000354. The van der Waals surface area contributed by atoms with Crippen LogP contribution in [-0.2, 0) is 4.79 Å². The second-order valence-corrected chi connectivity index (χ2v) is 2.49. The number of hydrogen-bond acceptors (Lipinski definition) is 2. The molecule has 1 rings (SSSR count). The lowest BCUT2D eigenvalue weighted by atomic mass is 10.3. The van der Waals surface area contributed by atoms with Crippen LogP contribution >= 0.6 is 23.2 Å². The molecule has 0 aliphatic carbocycles. The predicted octanol–water partition coefficient (Wildman–Crippen LogP) is 2.40. The molecule has 0 aliphatic heterocycles. The molecule has 5 heteroatoms. The third kappa shape index (κ3) is 3.46. The number of para-hydroxylation sites is 1. The highest BCUT2D eigenvalue weighted by Gasteiger charge is 1.99. The minimum Gasteiger partial charge on any atom is -0.505 e. The number of phenolic OH excluding ortho intramolecular Hbond substituents is 1. The monoisotopic (exact) mass is 208 g/mol. The second kappa shape index (κ2) is 5.69. The van der Waals surface area contributed by atoms with Crippen molar-refractivity contribution in [1.82, 2.24) is 0 Å². The van der Waals surface area contributed by atoms with Crippen molar-refractivity contribution in [3.63, 3.8) is 0 Å². The maximum absolute atomic E-state index is 8.94. The minimum atomic E-state index is -0.250. The zero-order chi connectivity index (χ0) is 9.56. The van der Waals surface area contributed by atoms with Crippen LogP contribution < -0.4 is 0 Å². The Morgan fingerprint density at radius 3 is 1.83 bits per heavy atom. The van der Waals surface area contributed by atoms with Crippen LogP contribution in [0.25, 0.3) is 0 Å². The van der Waals surface area contributed by atoms with Gasteiger partial charge in [-0.25, -0.2) is 0 Å². The van der Waals surface area contributed by atoms with Gasteiger partial charge in [0.15, 0.2) is 5.75 Å². The van der Waals surface area contributed by atoms with Crippen molar-refractivity contribution in [2.24, 2.45) is 0 Å². The molecule has 0 unspecified atom stereocenters. The highest BCUT2D eigenvalue weighted by molar-refractivity contribution is 6.37. The molecule has 0 radical (unpaired) electrons. The summed E-state index contributed by atoms with van der Waals surface area (Å²) >= 11 is 11.0. The lowest BCUT2D eigenvalue weighted by molar-refractivity contribution is -0.122. The first-order chi connectivity index (χ1) is 5.63. The Morgan fingerprint density at radius 2 is 1.58 bits per heavy atom. The molecule has 0 aliphatic rings. The van der Waals surface area contributed by atoms with E-state index in [1.54, 1.807) is 18.2 Å². The van der Waals surface area contributed by atoms with Gasteiger partial charge in [-0.1, -0.05) is 29.3 Å². The minimum absolute atomic E-state index is 0.0548. The molecule has 1 aromatic rings. The van der Waals surface area contributed by atoms with Crippen molar-refractivity contribution in [2.45, 2.75) is 0 Å². The lowest BCUT2D eigenvalue weighted by Crippen LogP contribution is -1.67. The Labute approximate surface area is 79.2 Å². The first-order valence-electron chi connectivity index (χ1n) is 2.84. The largest absolute Gasteiger partial charge is 0.505 e. The van der Waals surface area contributed by atoms with Crippen LogP contribution in [0, 0.1) is 0 Å². The summed E-state index contributed by atoms with van der Waals surface area (Å²) < 4.78 is 0. The van der Waals surface area contributed by atoms with E-state index in [9.17, 15) is 0 Å². The summed E-state index contributed by atoms with van der Waals surface area (Å²) in [7, 11) is 0. The molecule has 0 heterocycles. The molecule has 0 amide bonds. The number of halogens is 2. The number of phenols is 1. The Morgan fingerprint density at radius 1 is 1.25 bits per heavy atom. The van der Waals surface area contributed by atoms with Gasteiger partial charge in [0, 0.05) is 0 Å². The number of carboxylic acid groups (broad SMARTS) is 1. The van der Waals surface area contributed by atoms with Crippen molar-refractivity contribution >= 4 is 29.7 Å². The van der Waals surface area contributed by atoms with Crippen molar-refractivity contribution < 1.29 is 15.0 Å². The van der Waals surface area contributed by atoms with E-state index in [-0.39, 0.29) is 22.3 Å². The topological polar surface area (TPSA) is 57.5 Å². The van der Waals surface area contributed by atoms with Gasteiger partial charge in [-0.3, -0.25) is 4.79 Å². The van der Waals surface area contributed by atoms with E-state index in [1.165, 1.54) is 0 Å². The summed E-state index contributed by atoms with van der Waals surface area (Å²) in [6.45, 7) is -0.250. The van der Waals surface area contributed by atoms with Gasteiger partial charge < -0.3 is 10.2 Å². The highest BCUT2D eigenvalue weighted by Crippen LogP contribution is 2.30. The van der Waals surface area contributed by atoms with E-state index in [2.05, 4.69) is 0 Å². The number of carbonyl (C=O) groups is 1. The van der Waals surface area contributed by atoms with E-state index >= 15 is 0 Å². The summed E-state index contributed by atoms with van der Waals surface area (Å²) in [5.74, 6) is -0.0548. The molecule has 66 valence electrons. The van der Waals surface area contributed by atoms with Crippen LogP contribution in [0.1, 0.15) is 0 Å². The molecule has 0 saturated carbocycles. The Bertz CT molecular complexity index is 243. The quantitative estimate of drug-likeness (QED) is 0.645. The van der Waals surface area contributed by atoms with E-state index < -0.39 is 0 Å². The lowest BCUT2D eigenvalue weighted by Gasteiger charge is -1.95. The van der Waals surface area contributed by atoms with Crippen molar-refractivity contribution in [3.8, 4) is 5.75 Å². The van der Waals surface area contributed by atoms with Crippen LogP contribution in [0.3, 0.4) is 0 Å². The van der Waals surface area contributed by atoms with Crippen LogP contribution in [0.5, 0.6) is 5.75 Å². The molecule has 0 bridgehead atoms. The number of benzene rings is 1. The molecule has 1 aromatic carbocycles. The zero-order valence-electron chi connectivity index (χ0n) is 5.87. The maximum atomic E-state index is 8.94. The van der Waals surface area contributed by atoms with Crippen LogP contribution in [0.2, 0.25) is 10.0 Å². The molecule has 3 nitrogen and oxygen atoms in total. The SMILES string of the molecule is O=CO.Oc1c(Cl)cccc1Cl. The molecule has 0 saturated heterocycles. The fourth-order valence-electron chi connectivity index (χ4n) is 0.489. The molecular formula is C7H6Cl2O3. The van der Waals surface area contributed by atoms with Crippen LogP contribution in [-0.4, -0.2) is 16.7 Å². The predicted molar refractivity (Wildman–Crippen MR) is 46.8 cm³/mol. The van der Waals surface area contributed by atoms with Gasteiger partial charge in [-0.15, -0.1) is 0 Å². The van der Waals surface area contributed by atoms with Crippen molar-refractivity contribution in [1.29, 1.82) is 0 Å². The van der Waals surface area contributed by atoms with E-state index in [4.69, 9.17) is 38.2 Å². The standard InChI is InChI=1S/C6H4Cl2O.CH2O2/c7-4-2-1-3-5(8)6(4)9;2-1-3/h1-3,9H;1H,(H,2,3). The molecular weight excluding hydrogens is 203 g/mol. The Kier molecular flexibility index (Phi) is 5.25. The first kappa shape index (κ1) is 11.1. The van der Waals surface area contributed by atoms with Gasteiger partial charge in [0.25, 0.3) is 6.47 Å². The van der Waals surface area contributed by atoms with Gasteiger partial charge >= 0.3 is 0 Å². The molecule has 0 atom stereocenters. The van der Waals surface area contributed by atoms with E-state index in [1.807, 2.05) is 0 Å². The van der Waals surface area contributed by atoms with Gasteiger partial charge in [0.1, 0.15) is 0 Å². The fourth-order valence-corrected chi connectivity index (χ4v) is 0.886. The smallest absolute Gasteiger partial charge is 0.290 e. The maximum Gasteiger partial charge on any atom is 0.290 e. The van der Waals surface area contributed by atoms with E-state index in [0.717, 1.165) is 0 Å². The Hall–Kier alpha value is -0.930. The molecule has 0 aromatic heterocycles. The van der Waals surface area contributed by atoms with Crippen LogP contribution in [0.4, 0.5) is 0 Å². The first-order valence-corrected chi connectivity index (χ1v) is 3.60. The number of aromatic hydroxyl groups is 1. The normalized spacial score (nSPS) is 8.17. The molecule has 0 fully saturated rings. The number of rotatable bonds is 0. The zero-order valence-corrected chi connectivity index (χ0v) is 7.38. The van der Waals surface area contributed by atoms with Gasteiger partial charge in [-0.05, 0) is 12.1 Å². The van der Waals surface area contributed by atoms with Crippen molar-refractivity contribution in [3.05, 3.63) is 28.2 Å². The van der Waals surface area contributed by atoms with Crippen molar-refractivity contribution in [2.75, 3.05) is 0 Å². The summed E-state index contributed by atoms with van der Waals surface area (Å²) in [5, 5.41) is 16.4. The summed E-state index contributed by atoms with van der Waals surface area (Å²) in [4.78, 5) is 8.36. The third-order valence-electron chi connectivity index (χ3n) is 0.938. The van der Waals surface area contributed by atoms with Crippen LogP contribution in [0.15, 0.2) is 18.2 Å². The van der Waals surface area contributed by atoms with Gasteiger partial charge in [0.05, 0.1) is 10.0 Å². The summed E-state index contributed by atoms with van der Waals surface area (Å²) in [6, 6.07) is 4.82. The average Bonchev–Trinajstić information content (AvgIpc) is 2.02. The third-order valence-corrected chi connectivity index (χ3v) is 1.55. The summed E-state index contributed by atoms with van der Waals surface area (Å²) in [5.41, 5.74) is 0. The highest BCUT2D eigenvalue weighted by atomic mass is 35.5. The molecule has 0 spiro atoms. The number of hydrogen-bond donors (Lipinski definition) is 2. The van der Waals surface area contributed by atoms with Gasteiger partial charge in [0.2, 0.25) is 0 Å². The average molecular weight is 209 g/mol. The molecule has 12 heavy (non-hydrogen) atoms.